The van der Waals surface area contributed by atoms with Crippen LogP contribution in [-0.4, -0.2) is 41.8 Å². The zero-order valence-corrected chi connectivity index (χ0v) is 20.5. The maximum Gasteiger partial charge on any atom is 0.407 e. The van der Waals surface area contributed by atoms with Crippen molar-refractivity contribution in [3.8, 4) is 11.1 Å². The predicted octanol–water partition coefficient (Wildman–Crippen LogP) is 4.56. The molecule has 182 valence electrons. The summed E-state index contributed by atoms with van der Waals surface area (Å²) in [4.78, 5) is 36.9. The third kappa shape index (κ3) is 4.93. The van der Waals surface area contributed by atoms with E-state index in [-0.39, 0.29) is 25.0 Å². The van der Waals surface area contributed by atoms with Crippen LogP contribution >= 0.6 is 0 Å². The second-order valence-electron chi connectivity index (χ2n) is 9.85. The van der Waals surface area contributed by atoms with E-state index < -0.39 is 28.9 Å². The van der Waals surface area contributed by atoms with Crippen LogP contribution in [0.15, 0.2) is 48.5 Å². The molecule has 1 aliphatic rings. The zero-order chi connectivity index (χ0) is 25.1. The summed E-state index contributed by atoms with van der Waals surface area (Å²) in [5.41, 5.74) is 2.58. The van der Waals surface area contributed by atoms with Crippen molar-refractivity contribution >= 4 is 18.0 Å². The average molecular weight is 467 g/mol. The molecule has 0 saturated carbocycles. The first-order chi connectivity index (χ1) is 16.0. The number of fused-ring (bicyclic) bond motifs is 3. The number of carbonyl (C=O) groups is 3. The molecule has 2 amide bonds. The SMILES string of the molecule is CCC(CNC(=O)C(C)(C)C(C)(C)NC(=O)OCC1c2ccccc2-c2ccccc21)C(=O)O. The van der Waals surface area contributed by atoms with Gasteiger partial charge in [0.1, 0.15) is 6.61 Å². The lowest BCUT2D eigenvalue weighted by atomic mass is 9.73. The van der Waals surface area contributed by atoms with Crippen molar-refractivity contribution in [3.05, 3.63) is 59.7 Å². The van der Waals surface area contributed by atoms with E-state index in [1.54, 1.807) is 34.6 Å². The Labute approximate surface area is 200 Å². The molecule has 0 radical (unpaired) electrons. The highest BCUT2D eigenvalue weighted by Gasteiger charge is 2.45. The van der Waals surface area contributed by atoms with Gasteiger partial charge in [-0.3, -0.25) is 9.59 Å². The molecule has 2 aromatic rings. The van der Waals surface area contributed by atoms with Crippen LogP contribution in [0.4, 0.5) is 4.79 Å². The molecule has 3 rings (SSSR count). The molecule has 0 heterocycles. The van der Waals surface area contributed by atoms with Gasteiger partial charge in [-0.25, -0.2) is 4.79 Å². The number of nitrogens with one attached hydrogen (secondary N) is 2. The summed E-state index contributed by atoms with van der Waals surface area (Å²) in [6.07, 6.45) is -0.193. The smallest absolute Gasteiger partial charge is 0.407 e. The number of benzene rings is 2. The monoisotopic (exact) mass is 466 g/mol. The number of ether oxygens (including phenoxy) is 1. The maximum atomic E-state index is 12.9. The summed E-state index contributed by atoms with van der Waals surface area (Å²) in [6.45, 7) is 8.92. The van der Waals surface area contributed by atoms with Gasteiger partial charge in [0.15, 0.2) is 0 Å². The fourth-order valence-electron chi connectivity index (χ4n) is 4.17. The molecule has 1 aliphatic carbocycles. The van der Waals surface area contributed by atoms with E-state index in [4.69, 9.17) is 4.74 Å². The second kappa shape index (κ2) is 9.87. The number of carboxylic acids is 1. The molecule has 34 heavy (non-hydrogen) atoms. The number of amides is 2. The van der Waals surface area contributed by atoms with Crippen molar-refractivity contribution < 1.29 is 24.2 Å². The third-order valence-electron chi connectivity index (χ3n) is 7.24. The Hall–Kier alpha value is -3.35. The van der Waals surface area contributed by atoms with Crippen LogP contribution in [0.5, 0.6) is 0 Å². The number of carboxylic acid groups (broad SMARTS) is 1. The normalized spacial score (nSPS) is 14.0. The summed E-state index contributed by atoms with van der Waals surface area (Å²) >= 11 is 0. The number of carbonyl (C=O) groups excluding carboxylic acids is 2. The lowest BCUT2D eigenvalue weighted by molar-refractivity contribution is -0.142. The standard InChI is InChI=1S/C27H34N2O5/c1-6-17(23(30)31)15-28-24(32)26(2,3)27(4,5)29-25(33)34-16-22-20-13-9-7-11-18(20)19-12-8-10-14-21(19)22/h7-14,17,22H,6,15-16H2,1-5H3,(H,28,32)(H,29,33)(H,30,31). The number of hydrogen-bond donors (Lipinski definition) is 3. The molecular formula is C27H34N2O5. The van der Waals surface area contributed by atoms with Crippen molar-refractivity contribution in [1.29, 1.82) is 0 Å². The Morgan fingerprint density at radius 2 is 1.50 bits per heavy atom. The van der Waals surface area contributed by atoms with E-state index in [2.05, 4.69) is 34.9 Å². The molecule has 0 aromatic heterocycles. The van der Waals surface area contributed by atoms with E-state index in [0.717, 1.165) is 22.3 Å². The fraction of sp³-hybridized carbons (Fsp3) is 0.444. The predicted molar refractivity (Wildman–Crippen MR) is 130 cm³/mol. The van der Waals surface area contributed by atoms with Crippen molar-refractivity contribution in [2.45, 2.75) is 52.5 Å². The Kier molecular flexibility index (Phi) is 7.34. The van der Waals surface area contributed by atoms with Gasteiger partial charge in [-0.15, -0.1) is 0 Å². The van der Waals surface area contributed by atoms with Crippen molar-refractivity contribution in [2.24, 2.45) is 11.3 Å². The Morgan fingerprint density at radius 1 is 0.971 bits per heavy atom. The van der Waals surface area contributed by atoms with Crippen molar-refractivity contribution in [2.75, 3.05) is 13.2 Å². The number of hydrogen-bond acceptors (Lipinski definition) is 4. The summed E-state index contributed by atoms with van der Waals surface area (Å²) in [7, 11) is 0. The van der Waals surface area contributed by atoms with Gasteiger partial charge in [0.25, 0.3) is 0 Å². The lowest BCUT2D eigenvalue weighted by Gasteiger charge is -2.40. The topological polar surface area (TPSA) is 105 Å². The summed E-state index contributed by atoms with van der Waals surface area (Å²) in [5.74, 6) is -2.00. The number of alkyl carbamates (subject to hydrolysis) is 1. The van der Waals surface area contributed by atoms with Crippen LogP contribution in [0, 0.1) is 11.3 Å². The molecule has 0 fully saturated rings. The Bertz CT molecular complexity index is 1030. The highest BCUT2D eigenvalue weighted by molar-refractivity contribution is 5.85. The molecule has 7 nitrogen and oxygen atoms in total. The minimum absolute atomic E-state index is 0.0368. The van der Waals surface area contributed by atoms with Crippen molar-refractivity contribution in [1.82, 2.24) is 10.6 Å². The van der Waals surface area contributed by atoms with Gasteiger partial charge >= 0.3 is 12.1 Å². The van der Waals surface area contributed by atoms with Gasteiger partial charge in [-0.1, -0.05) is 55.5 Å². The van der Waals surface area contributed by atoms with Crippen LogP contribution in [0.3, 0.4) is 0 Å². The Balaban J connectivity index is 1.64. The summed E-state index contributed by atoms with van der Waals surface area (Å²) in [5, 5.41) is 14.8. The van der Waals surface area contributed by atoms with E-state index in [1.807, 2.05) is 24.3 Å². The molecular weight excluding hydrogens is 432 g/mol. The number of rotatable bonds is 9. The molecule has 1 atom stereocenters. The quantitative estimate of drug-likeness (QED) is 0.503. The van der Waals surface area contributed by atoms with Gasteiger partial charge in [0.2, 0.25) is 5.91 Å². The number of aliphatic carboxylic acids is 1. The average Bonchev–Trinajstić information content (AvgIpc) is 3.11. The van der Waals surface area contributed by atoms with E-state index in [0.29, 0.717) is 6.42 Å². The molecule has 1 unspecified atom stereocenters. The van der Waals surface area contributed by atoms with Gasteiger partial charge in [0, 0.05) is 12.5 Å². The first-order valence-corrected chi connectivity index (χ1v) is 11.6. The van der Waals surface area contributed by atoms with Gasteiger partial charge in [-0.2, -0.15) is 0 Å². The van der Waals surface area contributed by atoms with Gasteiger partial charge in [-0.05, 0) is 56.4 Å². The molecule has 2 aromatic carbocycles. The largest absolute Gasteiger partial charge is 0.481 e. The highest BCUT2D eigenvalue weighted by Crippen LogP contribution is 2.44. The minimum Gasteiger partial charge on any atom is -0.481 e. The highest BCUT2D eigenvalue weighted by atomic mass is 16.5. The summed E-state index contributed by atoms with van der Waals surface area (Å²) < 4.78 is 5.64. The van der Waals surface area contributed by atoms with E-state index in [1.165, 1.54) is 0 Å². The molecule has 0 bridgehead atoms. The Morgan fingerprint density at radius 3 is 2.00 bits per heavy atom. The van der Waals surface area contributed by atoms with Crippen molar-refractivity contribution in [3.63, 3.8) is 0 Å². The van der Waals surface area contributed by atoms with Gasteiger partial charge in [0.05, 0.1) is 16.9 Å². The zero-order valence-electron chi connectivity index (χ0n) is 20.5. The van der Waals surface area contributed by atoms with Crippen LogP contribution < -0.4 is 10.6 Å². The van der Waals surface area contributed by atoms with Crippen LogP contribution in [-0.2, 0) is 14.3 Å². The van der Waals surface area contributed by atoms with E-state index >= 15 is 0 Å². The third-order valence-corrected chi connectivity index (χ3v) is 7.24. The van der Waals surface area contributed by atoms with E-state index in [9.17, 15) is 19.5 Å². The van der Waals surface area contributed by atoms with Crippen LogP contribution in [0.2, 0.25) is 0 Å². The maximum absolute atomic E-state index is 12.9. The van der Waals surface area contributed by atoms with Gasteiger partial charge < -0.3 is 20.5 Å². The first-order valence-electron chi connectivity index (χ1n) is 11.6. The molecule has 0 spiro atoms. The first kappa shape index (κ1) is 25.3. The minimum atomic E-state index is -1.02. The summed E-state index contributed by atoms with van der Waals surface area (Å²) in [6, 6.07) is 16.2. The van der Waals surface area contributed by atoms with Crippen LogP contribution in [0.1, 0.15) is 58.1 Å². The fourth-order valence-corrected chi connectivity index (χ4v) is 4.17. The van der Waals surface area contributed by atoms with Crippen LogP contribution in [0.25, 0.3) is 11.1 Å². The molecule has 7 heteroatoms. The molecule has 0 aliphatic heterocycles. The molecule has 3 N–H and O–H groups in total. The molecule has 0 saturated heterocycles. The second-order valence-corrected chi connectivity index (χ2v) is 9.85. The lowest BCUT2D eigenvalue weighted by Crippen LogP contribution is -2.60.